The van der Waals surface area contributed by atoms with E-state index < -0.39 is 70.7 Å². The van der Waals surface area contributed by atoms with Gasteiger partial charge in [-0.05, 0) is 116 Å². The molecule has 4 heterocycles. The Morgan fingerprint density at radius 1 is 0.701 bits per heavy atom. The van der Waals surface area contributed by atoms with E-state index in [0.717, 1.165) is 22.2 Å². The molecule has 2 N–H and O–H groups in total. The minimum Gasteiger partial charge on any atom is -0.464 e. The van der Waals surface area contributed by atoms with E-state index in [0.29, 0.717) is 44.5 Å². The third kappa shape index (κ3) is 17.7. The number of hydrogen-bond donors (Lipinski definition) is 2. The van der Waals surface area contributed by atoms with Crippen LogP contribution in [0.15, 0.2) is 58.8 Å². The molecule has 2 aliphatic heterocycles. The Morgan fingerprint density at radius 3 is 1.97 bits per heavy atom. The van der Waals surface area contributed by atoms with Gasteiger partial charge in [-0.25, -0.2) is 19.6 Å². The summed E-state index contributed by atoms with van der Waals surface area (Å²) in [5.74, 6) is -3.94. The number of pyridine rings is 2. The first-order chi connectivity index (χ1) is 32.1. The number of rotatable bonds is 27. The van der Waals surface area contributed by atoms with Crippen molar-refractivity contribution >= 4 is 90.3 Å². The Labute approximate surface area is 410 Å². The average molecular weight is 1000 g/mol. The molecule has 4 rings (SSSR count). The van der Waals surface area contributed by atoms with Crippen LogP contribution in [0.2, 0.25) is 0 Å². The van der Waals surface area contributed by atoms with Crippen LogP contribution in [0.25, 0.3) is 0 Å². The number of nitrogens with one attached hydrogen (secondary N) is 2. The molecule has 67 heavy (non-hydrogen) atoms. The van der Waals surface area contributed by atoms with Gasteiger partial charge in [0.25, 0.3) is 17.7 Å². The zero-order valence-corrected chi connectivity index (χ0v) is 42.6. The number of Topliss-reactive ketones (excluding diaryl/α,β-unsaturated/α-hetero) is 2. The maximum atomic E-state index is 14.2. The summed E-state index contributed by atoms with van der Waals surface area (Å²) in [5, 5.41) is 7.38. The molecule has 0 saturated carbocycles. The predicted octanol–water partition coefficient (Wildman–Crippen LogP) is 6.52. The van der Waals surface area contributed by atoms with Crippen molar-refractivity contribution in [2.24, 2.45) is 16.7 Å². The molecule has 0 spiro atoms. The highest BCUT2D eigenvalue weighted by molar-refractivity contribution is 8.77. The molecule has 4 atom stereocenters. The summed E-state index contributed by atoms with van der Waals surface area (Å²) in [7, 11) is 6.25. The molecule has 16 nitrogen and oxygen atoms in total. The van der Waals surface area contributed by atoms with E-state index in [4.69, 9.17) is 9.47 Å². The molecule has 0 aromatic carbocycles. The van der Waals surface area contributed by atoms with Gasteiger partial charge in [0.1, 0.15) is 22.1 Å². The third-order valence-corrected chi connectivity index (χ3v) is 16.8. The highest BCUT2D eigenvalue weighted by Gasteiger charge is 2.47. The fraction of sp³-hybridized carbons (Fsp3) is 0.617. The Balaban J connectivity index is 1.28. The van der Waals surface area contributed by atoms with Gasteiger partial charge in [0.15, 0.2) is 6.61 Å². The van der Waals surface area contributed by atoms with E-state index in [1.807, 2.05) is 36.4 Å². The lowest BCUT2D eigenvalue weighted by atomic mass is 9.72. The van der Waals surface area contributed by atoms with Gasteiger partial charge in [-0.2, -0.15) is 0 Å². The maximum absolute atomic E-state index is 14.2. The molecule has 4 amide bonds. The molecule has 2 aliphatic rings. The van der Waals surface area contributed by atoms with E-state index in [9.17, 15) is 38.4 Å². The van der Waals surface area contributed by atoms with Crippen LogP contribution in [0, 0.1) is 16.7 Å². The topological polar surface area (TPSA) is 211 Å². The van der Waals surface area contributed by atoms with Crippen molar-refractivity contribution in [3.05, 3.63) is 48.8 Å². The molecule has 0 bridgehead atoms. The van der Waals surface area contributed by atoms with Crippen LogP contribution >= 0.6 is 43.2 Å². The molecular weight excluding hydrogens is 937 g/mol. The molecule has 2 fully saturated rings. The largest absolute Gasteiger partial charge is 0.464 e. The summed E-state index contributed by atoms with van der Waals surface area (Å²) >= 11 is 0. The van der Waals surface area contributed by atoms with Crippen LogP contribution in [0.5, 0.6) is 0 Å². The van der Waals surface area contributed by atoms with Gasteiger partial charge < -0.3 is 29.9 Å². The Morgan fingerprint density at radius 2 is 1.33 bits per heavy atom. The SMILES string of the molecule is CCC(C)(C)C(=O)C(=O)N1CC(CC(C)(CC)C(=O)C(=O)N2CCCC[C@H]2C(=O)OCC(=O)NCCSSc2ccccn2)CC[C@H]1C(=O)OCCCC(=O)NCCCSSc1ccccn1. The van der Waals surface area contributed by atoms with Crippen LogP contribution < -0.4 is 10.6 Å². The number of ether oxygens (including phenoxy) is 2. The number of ketones is 2. The summed E-state index contributed by atoms with van der Waals surface area (Å²) in [5.41, 5.74) is -2.19. The number of hydrogen-bond acceptors (Lipinski definition) is 16. The number of piperidine rings is 2. The van der Waals surface area contributed by atoms with Gasteiger partial charge in [0, 0.05) is 67.3 Å². The number of aromatic nitrogens is 2. The normalized spacial score (nSPS) is 18.3. The fourth-order valence-electron chi connectivity index (χ4n) is 7.57. The van der Waals surface area contributed by atoms with E-state index in [-0.39, 0.29) is 70.0 Å². The first-order valence-electron chi connectivity index (χ1n) is 23.1. The second-order valence-corrected chi connectivity index (χ2v) is 22.4. The summed E-state index contributed by atoms with van der Waals surface area (Å²) in [6, 6.07) is 9.27. The zero-order valence-electron chi connectivity index (χ0n) is 39.3. The Bertz CT molecular complexity index is 1980. The minimum atomic E-state index is -1.20. The molecule has 2 saturated heterocycles. The van der Waals surface area contributed by atoms with Crippen molar-refractivity contribution in [3.63, 3.8) is 0 Å². The van der Waals surface area contributed by atoms with Crippen LogP contribution in [-0.2, 0) is 47.8 Å². The zero-order chi connectivity index (χ0) is 48.8. The second kappa shape index (κ2) is 28.4. The third-order valence-electron chi connectivity index (χ3n) is 12.1. The van der Waals surface area contributed by atoms with Crippen LogP contribution in [-0.4, -0.2) is 130 Å². The molecule has 0 radical (unpaired) electrons. The van der Waals surface area contributed by atoms with Crippen LogP contribution in [0.1, 0.15) is 105 Å². The number of nitrogens with zero attached hydrogens (tertiary/aromatic N) is 4. The number of esters is 2. The van der Waals surface area contributed by atoms with Crippen LogP contribution in [0.3, 0.4) is 0 Å². The molecule has 2 aromatic heterocycles. The first-order valence-corrected chi connectivity index (χ1v) is 27.7. The highest BCUT2D eigenvalue weighted by Crippen LogP contribution is 2.38. The number of carbonyl (C=O) groups excluding carboxylic acids is 8. The summed E-state index contributed by atoms with van der Waals surface area (Å²) < 4.78 is 10.9. The molecule has 368 valence electrons. The van der Waals surface area contributed by atoms with Crippen molar-refractivity contribution in [1.29, 1.82) is 0 Å². The number of carbonyl (C=O) groups is 8. The van der Waals surface area contributed by atoms with Crippen molar-refractivity contribution in [1.82, 2.24) is 30.4 Å². The van der Waals surface area contributed by atoms with E-state index in [1.165, 1.54) is 31.4 Å². The summed E-state index contributed by atoms with van der Waals surface area (Å²) in [6.45, 7) is 9.10. The molecular formula is C47H66N6O10S4. The Hall–Kier alpha value is -4.14. The van der Waals surface area contributed by atoms with Gasteiger partial charge in [0.05, 0.1) is 6.61 Å². The van der Waals surface area contributed by atoms with Gasteiger partial charge in [-0.3, -0.25) is 28.8 Å². The molecule has 2 unspecified atom stereocenters. The van der Waals surface area contributed by atoms with E-state index >= 15 is 0 Å². The smallest absolute Gasteiger partial charge is 0.329 e. The predicted molar refractivity (Wildman–Crippen MR) is 262 cm³/mol. The highest BCUT2D eigenvalue weighted by atomic mass is 33.1. The standard InChI is InChI=1S/C47H66N6O10S4/c1-6-46(3,4)40(56)42(58)53-31-33(20-21-35(53)44(60)62-27-14-17-36(54)48-24-15-28-64-66-38-18-8-11-22-50-38)30-47(5,7-2)41(57)43(59)52-26-13-10-16-34(52)45(61)63-32-37(55)49-25-29-65-67-39-19-9-12-23-51-39/h8-9,11-12,18-19,22-23,33-35H,6-7,10,13-17,20-21,24-32H2,1-5H3,(H,48,54)(H,49,55)/t33?,34-,35-,47?/m0/s1. The average Bonchev–Trinajstić information content (AvgIpc) is 3.34. The van der Waals surface area contributed by atoms with Gasteiger partial charge >= 0.3 is 11.9 Å². The first kappa shape index (κ1) is 55.5. The van der Waals surface area contributed by atoms with Gasteiger partial charge in [-0.15, -0.1) is 0 Å². The van der Waals surface area contributed by atoms with E-state index in [2.05, 4.69) is 20.6 Å². The second-order valence-electron chi connectivity index (χ2n) is 17.5. The minimum absolute atomic E-state index is 0.00918. The van der Waals surface area contributed by atoms with Crippen LogP contribution in [0.4, 0.5) is 0 Å². The fourth-order valence-corrected chi connectivity index (χ4v) is 11.3. The van der Waals surface area contributed by atoms with Gasteiger partial charge in [-0.1, -0.05) is 68.3 Å². The lowest BCUT2D eigenvalue weighted by molar-refractivity contribution is -0.164. The molecule has 20 heteroatoms. The van der Waals surface area contributed by atoms with Gasteiger partial charge in [0.2, 0.25) is 17.5 Å². The quantitative estimate of drug-likeness (QED) is 0.0423. The summed E-state index contributed by atoms with van der Waals surface area (Å²) in [6.07, 6.45) is 7.57. The number of likely N-dealkylation sites (tertiary alicyclic amines) is 2. The monoisotopic (exact) mass is 1000 g/mol. The molecule has 2 aromatic rings. The lowest BCUT2D eigenvalue weighted by Crippen LogP contribution is -2.56. The van der Waals surface area contributed by atoms with Crippen molar-refractivity contribution in [2.75, 3.05) is 50.9 Å². The van der Waals surface area contributed by atoms with E-state index in [1.54, 1.807) is 68.6 Å². The summed E-state index contributed by atoms with van der Waals surface area (Å²) in [4.78, 5) is 119. The number of amides is 4. The van der Waals surface area contributed by atoms with Crippen molar-refractivity contribution in [2.45, 2.75) is 127 Å². The van der Waals surface area contributed by atoms with Crippen molar-refractivity contribution in [3.8, 4) is 0 Å². The lowest BCUT2D eigenvalue weighted by Gasteiger charge is -2.42. The Kier molecular flexibility index (Phi) is 23.5. The maximum Gasteiger partial charge on any atom is 0.329 e. The molecule has 0 aliphatic carbocycles. The van der Waals surface area contributed by atoms with Crippen molar-refractivity contribution < 1.29 is 47.8 Å².